The van der Waals surface area contributed by atoms with Crippen LogP contribution in [0.5, 0.6) is 5.75 Å². The summed E-state index contributed by atoms with van der Waals surface area (Å²) in [4.78, 5) is 18.0. The number of unbranched alkanes of at least 4 members (excludes halogenated alkanes) is 2. The molecule has 0 unspecified atom stereocenters. The molecule has 0 fully saturated rings. The number of thiazole rings is 1. The van der Waals surface area contributed by atoms with Crippen LogP contribution in [0.15, 0.2) is 69.9 Å². The van der Waals surface area contributed by atoms with Crippen LogP contribution in [0.25, 0.3) is 33.7 Å². The molecule has 172 valence electrons. The van der Waals surface area contributed by atoms with Gasteiger partial charge in [-0.25, -0.2) is 0 Å². The lowest BCUT2D eigenvalue weighted by Gasteiger charge is -2.05. The van der Waals surface area contributed by atoms with Gasteiger partial charge in [0, 0.05) is 22.2 Å². The molecule has 6 nitrogen and oxygen atoms in total. The van der Waals surface area contributed by atoms with Crippen LogP contribution in [0.1, 0.15) is 31.9 Å². The fraction of sp³-hybridized carbons (Fsp3) is 0.192. The Morgan fingerprint density at radius 1 is 1.09 bits per heavy atom. The van der Waals surface area contributed by atoms with Crippen molar-refractivity contribution in [3.8, 4) is 28.5 Å². The predicted molar refractivity (Wildman–Crippen MR) is 136 cm³/mol. The molecule has 0 spiro atoms. The van der Waals surface area contributed by atoms with Crippen LogP contribution in [0.3, 0.4) is 0 Å². The van der Waals surface area contributed by atoms with Gasteiger partial charge in [0.2, 0.25) is 4.96 Å². The molecule has 0 bridgehead atoms. The smallest absolute Gasteiger partial charge is 0.291 e. The highest BCUT2D eigenvalue weighted by atomic mass is 35.5. The average molecular weight is 492 g/mol. The number of hydrogen-bond donors (Lipinski definition) is 0. The summed E-state index contributed by atoms with van der Waals surface area (Å²) in [5.41, 5.74) is 1.48. The van der Waals surface area contributed by atoms with Crippen molar-refractivity contribution in [1.29, 1.82) is 0 Å². The van der Waals surface area contributed by atoms with Gasteiger partial charge < -0.3 is 9.15 Å². The van der Waals surface area contributed by atoms with E-state index in [1.807, 2.05) is 60.7 Å². The Hall–Kier alpha value is -3.42. The maximum atomic E-state index is 12.9. The minimum absolute atomic E-state index is 0.227. The maximum Gasteiger partial charge on any atom is 0.291 e. The van der Waals surface area contributed by atoms with E-state index >= 15 is 0 Å². The first-order chi connectivity index (χ1) is 16.6. The first kappa shape index (κ1) is 22.4. The zero-order chi connectivity index (χ0) is 23.5. The highest BCUT2D eigenvalue weighted by Crippen LogP contribution is 2.25. The van der Waals surface area contributed by atoms with Crippen molar-refractivity contribution >= 4 is 34.0 Å². The predicted octanol–water partition coefficient (Wildman–Crippen LogP) is 5.85. The van der Waals surface area contributed by atoms with Gasteiger partial charge in [-0.15, -0.1) is 5.10 Å². The average Bonchev–Trinajstić information content (AvgIpc) is 3.55. The second kappa shape index (κ2) is 9.83. The standard InChI is InChI=1S/C26H22ClN3O3S/c1-2-3-4-14-32-20-10-8-17(9-11-20)24-28-26-30(29-24)25(31)23(34-26)16-21-12-13-22(33-21)18-6-5-7-19(27)15-18/h5-13,15-16H,2-4,14H2,1H3/b23-16-. The van der Waals surface area contributed by atoms with Gasteiger partial charge in [-0.3, -0.25) is 4.79 Å². The summed E-state index contributed by atoms with van der Waals surface area (Å²) in [6, 6.07) is 18.7. The van der Waals surface area contributed by atoms with Gasteiger partial charge >= 0.3 is 0 Å². The lowest BCUT2D eigenvalue weighted by Crippen LogP contribution is -2.23. The zero-order valence-electron chi connectivity index (χ0n) is 18.5. The van der Waals surface area contributed by atoms with E-state index in [0.717, 1.165) is 36.1 Å². The molecule has 3 aromatic heterocycles. The Labute approximate surface area is 205 Å². The van der Waals surface area contributed by atoms with E-state index in [0.29, 0.717) is 38.5 Å². The molecule has 0 atom stereocenters. The fourth-order valence-corrected chi connectivity index (χ4v) is 4.63. The minimum atomic E-state index is -0.227. The number of fused-ring (bicyclic) bond motifs is 1. The molecular weight excluding hydrogens is 470 g/mol. The first-order valence-corrected chi connectivity index (χ1v) is 12.3. The summed E-state index contributed by atoms with van der Waals surface area (Å²) >= 11 is 7.34. The van der Waals surface area contributed by atoms with E-state index in [4.69, 9.17) is 20.8 Å². The molecule has 0 amide bonds. The molecule has 0 radical (unpaired) electrons. The van der Waals surface area contributed by atoms with Crippen molar-refractivity contribution < 1.29 is 9.15 Å². The number of aromatic nitrogens is 3. The van der Waals surface area contributed by atoms with Gasteiger partial charge in [-0.05, 0) is 55.0 Å². The van der Waals surface area contributed by atoms with Crippen LogP contribution in [0.4, 0.5) is 0 Å². The van der Waals surface area contributed by atoms with Crippen LogP contribution in [0, 0.1) is 0 Å². The summed E-state index contributed by atoms with van der Waals surface area (Å²) in [7, 11) is 0. The molecule has 5 aromatic rings. The van der Waals surface area contributed by atoms with E-state index in [1.54, 1.807) is 6.08 Å². The van der Waals surface area contributed by atoms with Gasteiger partial charge in [0.25, 0.3) is 5.56 Å². The molecule has 0 aliphatic rings. The number of furan rings is 1. The molecule has 5 rings (SSSR count). The highest BCUT2D eigenvalue weighted by Gasteiger charge is 2.13. The van der Waals surface area contributed by atoms with Crippen molar-refractivity contribution in [2.75, 3.05) is 6.61 Å². The van der Waals surface area contributed by atoms with Crippen LogP contribution < -0.4 is 14.8 Å². The monoisotopic (exact) mass is 491 g/mol. The van der Waals surface area contributed by atoms with Gasteiger partial charge in [0.1, 0.15) is 21.8 Å². The SMILES string of the molecule is CCCCCOc1ccc(-c2nc3s/c(=C\c4ccc(-c5cccc(Cl)c5)o4)c(=O)n3n2)cc1. The molecular formula is C26H22ClN3O3S. The summed E-state index contributed by atoms with van der Waals surface area (Å²) in [6.07, 6.45) is 5.08. The summed E-state index contributed by atoms with van der Waals surface area (Å²) in [5, 5.41) is 5.06. The van der Waals surface area contributed by atoms with Gasteiger partial charge in [0.15, 0.2) is 5.82 Å². The summed E-state index contributed by atoms with van der Waals surface area (Å²) in [6.45, 7) is 2.88. The Kier molecular flexibility index (Phi) is 6.47. The minimum Gasteiger partial charge on any atom is -0.494 e. The zero-order valence-corrected chi connectivity index (χ0v) is 20.1. The van der Waals surface area contributed by atoms with E-state index in [-0.39, 0.29) is 5.56 Å². The molecule has 3 heterocycles. The summed E-state index contributed by atoms with van der Waals surface area (Å²) in [5.74, 6) is 2.58. The Morgan fingerprint density at radius 3 is 2.71 bits per heavy atom. The molecule has 34 heavy (non-hydrogen) atoms. The van der Waals surface area contributed by atoms with Crippen LogP contribution in [-0.4, -0.2) is 21.2 Å². The van der Waals surface area contributed by atoms with Crippen molar-refractivity contribution in [3.63, 3.8) is 0 Å². The molecule has 0 saturated carbocycles. The van der Waals surface area contributed by atoms with E-state index < -0.39 is 0 Å². The van der Waals surface area contributed by atoms with E-state index in [2.05, 4.69) is 17.0 Å². The lowest BCUT2D eigenvalue weighted by atomic mass is 10.2. The number of ether oxygens (including phenoxy) is 1. The molecule has 0 saturated heterocycles. The van der Waals surface area contributed by atoms with Crippen molar-refractivity contribution in [1.82, 2.24) is 14.6 Å². The third-order valence-corrected chi connectivity index (χ3v) is 6.51. The molecule has 0 N–H and O–H groups in total. The third-order valence-electron chi connectivity index (χ3n) is 5.32. The first-order valence-electron chi connectivity index (χ1n) is 11.1. The molecule has 8 heteroatoms. The van der Waals surface area contributed by atoms with Crippen LogP contribution >= 0.6 is 22.9 Å². The van der Waals surface area contributed by atoms with Gasteiger partial charge in [0.05, 0.1) is 6.61 Å². The topological polar surface area (TPSA) is 69.6 Å². The lowest BCUT2D eigenvalue weighted by molar-refractivity contribution is 0.306. The normalized spacial score (nSPS) is 12.0. The largest absolute Gasteiger partial charge is 0.494 e. The highest BCUT2D eigenvalue weighted by molar-refractivity contribution is 7.15. The van der Waals surface area contributed by atoms with Gasteiger partial charge in [-0.2, -0.15) is 9.50 Å². The van der Waals surface area contributed by atoms with Crippen molar-refractivity contribution in [2.24, 2.45) is 0 Å². The third kappa shape index (κ3) is 4.76. The van der Waals surface area contributed by atoms with E-state index in [9.17, 15) is 4.79 Å². The molecule has 0 aliphatic heterocycles. The summed E-state index contributed by atoms with van der Waals surface area (Å²) < 4.78 is 13.5. The maximum absolute atomic E-state index is 12.9. The second-order valence-electron chi connectivity index (χ2n) is 7.84. The number of hydrogen-bond acceptors (Lipinski definition) is 6. The Morgan fingerprint density at radius 2 is 1.94 bits per heavy atom. The number of rotatable bonds is 8. The van der Waals surface area contributed by atoms with Crippen LogP contribution in [-0.2, 0) is 0 Å². The number of halogens is 1. The number of benzene rings is 2. The van der Waals surface area contributed by atoms with Crippen molar-refractivity contribution in [2.45, 2.75) is 26.2 Å². The second-order valence-corrected chi connectivity index (χ2v) is 9.28. The molecule has 0 aliphatic carbocycles. The Bertz CT molecular complexity index is 1540. The fourth-order valence-electron chi connectivity index (χ4n) is 3.55. The van der Waals surface area contributed by atoms with Crippen molar-refractivity contribution in [3.05, 3.63) is 86.3 Å². The quantitative estimate of drug-likeness (QED) is 0.255. The number of nitrogens with zero attached hydrogens (tertiary/aromatic N) is 3. The Balaban J connectivity index is 1.36. The van der Waals surface area contributed by atoms with Crippen LogP contribution in [0.2, 0.25) is 5.02 Å². The molecule has 2 aromatic carbocycles. The van der Waals surface area contributed by atoms with Gasteiger partial charge in [-0.1, -0.05) is 54.8 Å². The van der Waals surface area contributed by atoms with E-state index in [1.165, 1.54) is 15.9 Å².